The zero-order valence-electron chi connectivity index (χ0n) is 20.2. The summed E-state index contributed by atoms with van der Waals surface area (Å²) >= 11 is 0. The maximum absolute atomic E-state index is 12.3. The molecule has 0 aliphatic rings. The lowest BCUT2D eigenvalue weighted by molar-refractivity contribution is 0.588. The smallest absolute Gasteiger partial charge is 0.189 e. The lowest BCUT2D eigenvalue weighted by Gasteiger charge is -2.12. The van der Waals surface area contributed by atoms with Gasteiger partial charge in [-0.25, -0.2) is 0 Å². The van der Waals surface area contributed by atoms with E-state index in [-0.39, 0.29) is 5.43 Å². The Hall–Kier alpha value is -1.83. The van der Waals surface area contributed by atoms with Gasteiger partial charge >= 0.3 is 0 Å². The van der Waals surface area contributed by atoms with Crippen molar-refractivity contribution in [3.63, 3.8) is 0 Å². The topological polar surface area (TPSA) is 22.0 Å². The summed E-state index contributed by atoms with van der Waals surface area (Å²) in [5.74, 6) is 0. The zero-order chi connectivity index (χ0) is 22.2. The fraction of sp³-hybridized carbons (Fsp3) is 0.621. The number of aromatic nitrogens is 1. The van der Waals surface area contributed by atoms with E-state index in [1.165, 1.54) is 96.3 Å². The number of nitrogens with zero attached hydrogens (tertiary/aromatic N) is 1. The van der Waals surface area contributed by atoms with Crippen LogP contribution in [0.25, 0.3) is 10.9 Å². The Bertz CT molecular complexity index is 817. The molecule has 0 amide bonds. The fourth-order valence-electron chi connectivity index (χ4n) is 4.43. The molecular weight excluding hydrogens is 378 g/mol. The number of unbranched alkanes of at least 4 members (excludes halogenated alkanes) is 13. The van der Waals surface area contributed by atoms with Crippen LogP contribution in [0.5, 0.6) is 0 Å². The van der Waals surface area contributed by atoms with Gasteiger partial charge in [0.2, 0.25) is 0 Å². The molecule has 2 aromatic rings. The van der Waals surface area contributed by atoms with E-state index < -0.39 is 0 Å². The third kappa shape index (κ3) is 9.89. The van der Waals surface area contributed by atoms with Gasteiger partial charge in [0.05, 0.1) is 5.52 Å². The number of rotatable bonds is 17. The van der Waals surface area contributed by atoms with Gasteiger partial charge in [0.25, 0.3) is 0 Å². The third-order valence-corrected chi connectivity index (χ3v) is 6.45. The standard InChI is InChI=1S/C29H45NO/c1-3-4-5-6-7-8-9-10-11-12-13-14-15-16-17-18-19-22-26-25-29(31)27-23-20-21-24-28(27)30(26)2/h11-12,20-21,23-25H,3-10,13-19,22H2,1-2H3/b12-11+. The number of fused-ring (bicyclic) bond motifs is 1. The minimum atomic E-state index is 0.156. The molecule has 2 heteroatoms. The van der Waals surface area contributed by atoms with E-state index in [0.29, 0.717) is 0 Å². The molecule has 0 N–H and O–H groups in total. The van der Waals surface area contributed by atoms with Gasteiger partial charge in [-0.15, -0.1) is 0 Å². The van der Waals surface area contributed by atoms with Crippen molar-refractivity contribution in [3.8, 4) is 0 Å². The van der Waals surface area contributed by atoms with E-state index >= 15 is 0 Å². The van der Waals surface area contributed by atoms with Crippen LogP contribution in [0.3, 0.4) is 0 Å². The fourth-order valence-corrected chi connectivity index (χ4v) is 4.43. The Balaban J connectivity index is 1.46. The normalized spacial score (nSPS) is 11.7. The second-order valence-corrected chi connectivity index (χ2v) is 9.12. The highest BCUT2D eigenvalue weighted by molar-refractivity contribution is 5.79. The first-order valence-corrected chi connectivity index (χ1v) is 13.0. The molecule has 31 heavy (non-hydrogen) atoms. The molecule has 0 bridgehead atoms. The molecule has 1 aromatic carbocycles. The maximum Gasteiger partial charge on any atom is 0.189 e. The summed E-state index contributed by atoms with van der Waals surface area (Å²) < 4.78 is 2.19. The number of hydrogen-bond donors (Lipinski definition) is 0. The molecule has 0 aliphatic heterocycles. The Morgan fingerprint density at radius 3 is 1.94 bits per heavy atom. The van der Waals surface area contributed by atoms with Gasteiger partial charge in [-0.05, 0) is 50.7 Å². The summed E-state index contributed by atoms with van der Waals surface area (Å²) in [7, 11) is 2.08. The van der Waals surface area contributed by atoms with E-state index in [2.05, 4.69) is 30.7 Å². The van der Waals surface area contributed by atoms with Crippen LogP contribution in [0.2, 0.25) is 0 Å². The van der Waals surface area contributed by atoms with E-state index in [4.69, 9.17) is 0 Å². The highest BCUT2D eigenvalue weighted by Gasteiger charge is 2.05. The number of para-hydroxylation sites is 1. The molecule has 1 aromatic heterocycles. The molecular formula is C29H45NO. The van der Waals surface area contributed by atoms with E-state index in [1.54, 1.807) is 0 Å². The highest BCUT2D eigenvalue weighted by Crippen LogP contribution is 2.15. The molecule has 0 radical (unpaired) electrons. The molecule has 0 fully saturated rings. The molecule has 0 saturated carbocycles. The number of allylic oxidation sites excluding steroid dienone is 2. The van der Waals surface area contributed by atoms with Crippen molar-refractivity contribution in [2.45, 2.75) is 110 Å². The van der Waals surface area contributed by atoms with E-state index in [9.17, 15) is 4.79 Å². The van der Waals surface area contributed by atoms with Gasteiger partial charge in [0.15, 0.2) is 5.43 Å². The summed E-state index contributed by atoms with van der Waals surface area (Å²) in [5, 5.41) is 0.824. The molecule has 0 unspecified atom stereocenters. The number of hydrogen-bond acceptors (Lipinski definition) is 1. The van der Waals surface area contributed by atoms with Gasteiger partial charge < -0.3 is 4.57 Å². The third-order valence-electron chi connectivity index (χ3n) is 6.45. The Labute approximate surface area is 190 Å². The van der Waals surface area contributed by atoms with Crippen molar-refractivity contribution in [2.24, 2.45) is 7.05 Å². The molecule has 172 valence electrons. The molecule has 0 saturated heterocycles. The second kappa shape index (κ2) is 15.9. The van der Waals surface area contributed by atoms with Gasteiger partial charge in [-0.1, -0.05) is 95.4 Å². The van der Waals surface area contributed by atoms with E-state index in [1.807, 2.05) is 30.3 Å². The van der Waals surface area contributed by atoms with Crippen LogP contribution in [0.15, 0.2) is 47.3 Å². The van der Waals surface area contributed by atoms with Crippen molar-refractivity contribution >= 4 is 10.9 Å². The molecule has 0 aliphatic carbocycles. The van der Waals surface area contributed by atoms with Crippen molar-refractivity contribution in [2.75, 3.05) is 0 Å². The predicted octanol–water partition coefficient (Wildman–Crippen LogP) is 8.51. The number of pyridine rings is 1. The summed E-state index contributed by atoms with van der Waals surface area (Å²) in [6.45, 7) is 2.28. The highest BCUT2D eigenvalue weighted by atomic mass is 16.1. The SMILES string of the molecule is CCCCCCCCC/C=C/CCCCCCCCc1cc(=O)c2ccccc2n1C. The second-order valence-electron chi connectivity index (χ2n) is 9.12. The monoisotopic (exact) mass is 423 g/mol. The summed E-state index contributed by atoms with van der Waals surface area (Å²) in [6, 6.07) is 9.75. The van der Waals surface area contributed by atoms with Crippen molar-refractivity contribution in [1.82, 2.24) is 4.57 Å². The number of aryl methyl sites for hydroxylation is 2. The first-order chi connectivity index (χ1) is 15.2. The lowest BCUT2D eigenvalue weighted by atomic mass is 10.1. The largest absolute Gasteiger partial charge is 0.347 e. The Morgan fingerprint density at radius 1 is 0.742 bits per heavy atom. The predicted molar refractivity (Wildman–Crippen MR) is 137 cm³/mol. The molecule has 1 heterocycles. The lowest BCUT2D eigenvalue weighted by Crippen LogP contribution is -2.11. The first-order valence-electron chi connectivity index (χ1n) is 13.0. The van der Waals surface area contributed by atoms with Crippen LogP contribution in [0.1, 0.15) is 109 Å². The van der Waals surface area contributed by atoms with Gasteiger partial charge in [0.1, 0.15) is 0 Å². The number of benzene rings is 1. The van der Waals surface area contributed by atoms with Crippen LogP contribution >= 0.6 is 0 Å². The molecule has 2 rings (SSSR count). The van der Waals surface area contributed by atoms with Crippen LogP contribution in [0.4, 0.5) is 0 Å². The molecule has 0 atom stereocenters. The first kappa shape index (κ1) is 25.4. The van der Waals surface area contributed by atoms with Gasteiger partial charge in [0, 0.05) is 24.2 Å². The summed E-state index contributed by atoms with van der Waals surface area (Å²) in [4.78, 5) is 12.3. The van der Waals surface area contributed by atoms with Crippen molar-refractivity contribution in [1.29, 1.82) is 0 Å². The quantitative estimate of drug-likeness (QED) is 0.185. The van der Waals surface area contributed by atoms with Gasteiger partial charge in [-0.2, -0.15) is 0 Å². The summed E-state index contributed by atoms with van der Waals surface area (Å²) in [6.07, 6.45) is 25.9. The van der Waals surface area contributed by atoms with Gasteiger partial charge in [-0.3, -0.25) is 4.79 Å². The average Bonchev–Trinajstić information content (AvgIpc) is 2.79. The van der Waals surface area contributed by atoms with Crippen LogP contribution in [-0.2, 0) is 13.5 Å². The maximum atomic E-state index is 12.3. The van der Waals surface area contributed by atoms with Crippen LogP contribution in [-0.4, -0.2) is 4.57 Å². The summed E-state index contributed by atoms with van der Waals surface area (Å²) in [5.41, 5.74) is 2.36. The Kier molecular flexibility index (Phi) is 13.0. The van der Waals surface area contributed by atoms with E-state index in [0.717, 1.165) is 23.0 Å². The van der Waals surface area contributed by atoms with Crippen molar-refractivity contribution < 1.29 is 0 Å². The average molecular weight is 424 g/mol. The molecule has 2 nitrogen and oxygen atoms in total. The molecule has 0 spiro atoms. The van der Waals surface area contributed by atoms with Crippen molar-refractivity contribution in [3.05, 3.63) is 58.4 Å². The minimum Gasteiger partial charge on any atom is -0.347 e. The Morgan fingerprint density at radius 2 is 1.29 bits per heavy atom. The van der Waals surface area contributed by atoms with Crippen LogP contribution < -0.4 is 5.43 Å². The minimum absolute atomic E-state index is 0.156. The zero-order valence-corrected chi connectivity index (χ0v) is 20.2. The van der Waals surface area contributed by atoms with Crippen LogP contribution in [0, 0.1) is 0 Å².